The summed E-state index contributed by atoms with van der Waals surface area (Å²) in [7, 11) is 0. The van der Waals surface area contributed by atoms with Crippen molar-refractivity contribution in [1.29, 1.82) is 0 Å². The number of rotatable bonds is 3. The quantitative estimate of drug-likeness (QED) is 0.857. The maximum atomic E-state index is 12.1. The zero-order valence-electron chi connectivity index (χ0n) is 9.72. The number of nitrogens with zero attached hydrogens (tertiary/aromatic N) is 1. The molecule has 2 aromatic rings. The normalized spacial score (nSPS) is 17.0. The molecule has 92 valence electrons. The summed E-state index contributed by atoms with van der Waals surface area (Å²) in [6.45, 7) is 1.01. The molecule has 1 aromatic heterocycles. The molecular weight excluding hydrogens is 230 g/mol. The summed E-state index contributed by atoms with van der Waals surface area (Å²) < 4.78 is 4.94. The summed E-state index contributed by atoms with van der Waals surface area (Å²) in [5, 5.41) is 9.68. The molecule has 2 heterocycles. The van der Waals surface area contributed by atoms with Gasteiger partial charge in [0.25, 0.3) is 0 Å². The van der Waals surface area contributed by atoms with E-state index >= 15 is 0 Å². The van der Waals surface area contributed by atoms with E-state index in [1.165, 1.54) is 0 Å². The molecule has 0 bridgehead atoms. The molecule has 1 aromatic carbocycles. The van der Waals surface area contributed by atoms with Crippen molar-refractivity contribution in [3.05, 3.63) is 47.9 Å². The van der Waals surface area contributed by atoms with Gasteiger partial charge in [0, 0.05) is 18.3 Å². The third-order valence-corrected chi connectivity index (χ3v) is 3.08. The van der Waals surface area contributed by atoms with Crippen molar-refractivity contribution in [2.45, 2.75) is 12.5 Å². The Bertz CT molecular complexity index is 551. The third kappa shape index (κ3) is 1.95. The van der Waals surface area contributed by atoms with Gasteiger partial charge in [-0.05, 0) is 11.6 Å². The van der Waals surface area contributed by atoms with Gasteiger partial charge in [0.15, 0.2) is 5.76 Å². The number of aromatic nitrogens is 1. The van der Waals surface area contributed by atoms with E-state index in [1.54, 1.807) is 12.3 Å². The molecule has 5 heteroatoms. The van der Waals surface area contributed by atoms with Crippen LogP contribution in [0.25, 0.3) is 0 Å². The molecule has 2 N–H and O–H groups in total. The lowest BCUT2D eigenvalue weighted by Crippen LogP contribution is -2.29. The average Bonchev–Trinajstić information content (AvgIpc) is 3.05. The average molecular weight is 243 g/mol. The van der Waals surface area contributed by atoms with E-state index in [1.807, 2.05) is 24.3 Å². The molecule has 1 unspecified atom stereocenters. The van der Waals surface area contributed by atoms with Crippen LogP contribution in [0.3, 0.4) is 0 Å². The Morgan fingerprint density at radius 3 is 3.17 bits per heavy atom. The van der Waals surface area contributed by atoms with Gasteiger partial charge in [0.05, 0.1) is 18.7 Å². The maximum Gasteiger partial charge on any atom is 0.229 e. The van der Waals surface area contributed by atoms with E-state index in [2.05, 4.69) is 15.8 Å². The zero-order valence-corrected chi connectivity index (χ0v) is 9.72. The molecule has 1 aliphatic heterocycles. The fraction of sp³-hybridized carbons (Fsp3) is 0.231. The van der Waals surface area contributed by atoms with Crippen molar-refractivity contribution < 1.29 is 9.32 Å². The maximum absolute atomic E-state index is 12.1. The van der Waals surface area contributed by atoms with Crippen LogP contribution in [-0.2, 0) is 11.3 Å². The number of fused-ring (bicyclic) bond motifs is 1. The van der Waals surface area contributed by atoms with Crippen molar-refractivity contribution in [2.75, 3.05) is 11.9 Å². The molecule has 0 saturated heterocycles. The van der Waals surface area contributed by atoms with E-state index in [9.17, 15) is 4.79 Å². The lowest BCUT2D eigenvalue weighted by Gasteiger charge is -2.09. The Labute approximate surface area is 104 Å². The topological polar surface area (TPSA) is 67.2 Å². The van der Waals surface area contributed by atoms with Crippen molar-refractivity contribution in [3.8, 4) is 0 Å². The lowest BCUT2D eigenvalue weighted by atomic mass is 10.0. The molecule has 5 nitrogen and oxygen atoms in total. The number of para-hydroxylation sites is 1. The molecule has 1 aliphatic rings. The van der Waals surface area contributed by atoms with Crippen molar-refractivity contribution in [2.24, 2.45) is 0 Å². The fourth-order valence-corrected chi connectivity index (χ4v) is 2.15. The van der Waals surface area contributed by atoms with Gasteiger partial charge in [-0.2, -0.15) is 0 Å². The van der Waals surface area contributed by atoms with Crippen LogP contribution in [0.2, 0.25) is 0 Å². The Morgan fingerprint density at radius 1 is 1.44 bits per heavy atom. The monoisotopic (exact) mass is 243 g/mol. The molecule has 1 atom stereocenters. The predicted octanol–water partition coefficient (Wildman–Crippen LogP) is 1.50. The molecule has 0 radical (unpaired) electrons. The second kappa shape index (κ2) is 4.52. The Morgan fingerprint density at radius 2 is 2.33 bits per heavy atom. The molecule has 3 rings (SSSR count). The predicted molar refractivity (Wildman–Crippen MR) is 66.0 cm³/mol. The highest BCUT2D eigenvalue weighted by Crippen LogP contribution is 2.30. The summed E-state index contributed by atoms with van der Waals surface area (Å²) >= 11 is 0. The molecule has 0 fully saturated rings. The SMILES string of the molecule is O=C(NCc1ccno1)C1CNc2ccccc21. The number of anilines is 1. The first-order chi connectivity index (χ1) is 8.84. The standard InChI is InChI=1S/C13H13N3O2/c17-13(15-7-9-5-6-16-18-9)11-8-14-12-4-2-1-3-10(11)12/h1-6,11,14H,7-8H2,(H,15,17). The molecule has 0 aliphatic carbocycles. The van der Waals surface area contributed by atoms with Crippen LogP contribution in [0.15, 0.2) is 41.1 Å². The lowest BCUT2D eigenvalue weighted by molar-refractivity contribution is -0.122. The zero-order chi connectivity index (χ0) is 12.4. The van der Waals surface area contributed by atoms with Crippen LogP contribution < -0.4 is 10.6 Å². The van der Waals surface area contributed by atoms with Crippen LogP contribution in [0.1, 0.15) is 17.2 Å². The second-order valence-electron chi connectivity index (χ2n) is 4.22. The number of hydrogen-bond acceptors (Lipinski definition) is 4. The summed E-state index contributed by atoms with van der Waals surface area (Å²) in [5.74, 6) is 0.524. The summed E-state index contributed by atoms with van der Waals surface area (Å²) in [5.41, 5.74) is 2.09. The molecule has 1 amide bonds. The largest absolute Gasteiger partial charge is 0.384 e. The minimum Gasteiger partial charge on any atom is -0.384 e. The number of amides is 1. The minimum atomic E-state index is -0.135. The number of carbonyl (C=O) groups is 1. The molecule has 0 saturated carbocycles. The van der Waals surface area contributed by atoms with Gasteiger partial charge in [-0.15, -0.1) is 0 Å². The van der Waals surface area contributed by atoms with Crippen LogP contribution in [0.4, 0.5) is 5.69 Å². The molecule has 18 heavy (non-hydrogen) atoms. The highest BCUT2D eigenvalue weighted by atomic mass is 16.5. The first kappa shape index (κ1) is 10.8. The third-order valence-electron chi connectivity index (χ3n) is 3.08. The van der Waals surface area contributed by atoms with E-state index in [-0.39, 0.29) is 11.8 Å². The van der Waals surface area contributed by atoms with Gasteiger partial charge < -0.3 is 15.2 Å². The Kier molecular flexibility index (Phi) is 2.72. The minimum absolute atomic E-state index is 0.00356. The van der Waals surface area contributed by atoms with E-state index in [0.29, 0.717) is 18.8 Å². The summed E-state index contributed by atoms with van der Waals surface area (Å²) in [6.07, 6.45) is 1.56. The second-order valence-corrected chi connectivity index (χ2v) is 4.22. The number of benzene rings is 1. The highest BCUT2D eigenvalue weighted by molar-refractivity contribution is 5.88. The fourth-order valence-electron chi connectivity index (χ4n) is 2.15. The first-order valence-electron chi connectivity index (χ1n) is 5.84. The van der Waals surface area contributed by atoms with Gasteiger partial charge in [-0.25, -0.2) is 0 Å². The van der Waals surface area contributed by atoms with Gasteiger partial charge in [0.2, 0.25) is 5.91 Å². The van der Waals surface area contributed by atoms with Gasteiger partial charge in [-0.1, -0.05) is 23.4 Å². The van der Waals surface area contributed by atoms with Crippen molar-refractivity contribution in [3.63, 3.8) is 0 Å². The van der Waals surface area contributed by atoms with Gasteiger partial charge in [0.1, 0.15) is 0 Å². The molecule has 0 spiro atoms. The number of hydrogen-bond donors (Lipinski definition) is 2. The highest BCUT2D eigenvalue weighted by Gasteiger charge is 2.27. The van der Waals surface area contributed by atoms with Crippen LogP contribution >= 0.6 is 0 Å². The Balaban J connectivity index is 1.67. The van der Waals surface area contributed by atoms with Crippen molar-refractivity contribution in [1.82, 2.24) is 10.5 Å². The number of carbonyl (C=O) groups excluding carboxylic acids is 1. The van der Waals surface area contributed by atoms with Crippen LogP contribution in [-0.4, -0.2) is 17.6 Å². The Hall–Kier alpha value is -2.30. The van der Waals surface area contributed by atoms with E-state index < -0.39 is 0 Å². The van der Waals surface area contributed by atoms with Crippen LogP contribution in [0.5, 0.6) is 0 Å². The molecular formula is C13H13N3O2. The smallest absolute Gasteiger partial charge is 0.229 e. The van der Waals surface area contributed by atoms with Crippen LogP contribution in [0, 0.1) is 0 Å². The first-order valence-corrected chi connectivity index (χ1v) is 5.84. The van der Waals surface area contributed by atoms with Gasteiger partial charge in [-0.3, -0.25) is 4.79 Å². The van der Waals surface area contributed by atoms with E-state index in [0.717, 1.165) is 11.3 Å². The summed E-state index contributed by atoms with van der Waals surface area (Å²) in [6, 6.07) is 9.61. The summed E-state index contributed by atoms with van der Waals surface area (Å²) in [4.78, 5) is 12.1. The van der Waals surface area contributed by atoms with E-state index in [4.69, 9.17) is 4.52 Å². The van der Waals surface area contributed by atoms with Gasteiger partial charge >= 0.3 is 0 Å². The van der Waals surface area contributed by atoms with Crippen molar-refractivity contribution >= 4 is 11.6 Å². The number of nitrogens with one attached hydrogen (secondary N) is 2.